The second-order valence-corrected chi connectivity index (χ2v) is 11.3. The van der Waals surface area contributed by atoms with Crippen molar-refractivity contribution in [3.05, 3.63) is 48.0 Å². The van der Waals surface area contributed by atoms with Crippen LogP contribution in [0.5, 0.6) is 11.5 Å². The Hall–Kier alpha value is -2.62. The summed E-state index contributed by atoms with van der Waals surface area (Å²) in [6.45, 7) is 3.42. The largest absolute Gasteiger partial charge is 0.486 e. The van der Waals surface area contributed by atoms with Crippen LogP contribution in [-0.2, 0) is 20.2 Å². The van der Waals surface area contributed by atoms with Gasteiger partial charge in [0, 0.05) is 31.9 Å². The standard InChI is InChI=1S/C25H31N3O5S/c1-27-12-14-28(15-13-27)34(30,31)21-7-5-20(6-8-21)26-24(29)25(10-2-3-11-25)19-4-9-22-23(18-19)33-17-16-32-22/h4-9,18H,2-3,10-17H2,1H3,(H,26,29). The summed E-state index contributed by atoms with van der Waals surface area (Å²) in [7, 11) is -1.55. The highest BCUT2D eigenvalue weighted by atomic mass is 32.2. The third-order valence-electron chi connectivity index (χ3n) is 7.20. The van der Waals surface area contributed by atoms with Gasteiger partial charge in [0.15, 0.2) is 11.5 Å². The Labute approximate surface area is 200 Å². The van der Waals surface area contributed by atoms with Crippen molar-refractivity contribution in [2.75, 3.05) is 51.8 Å². The highest BCUT2D eigenvalue weighted by molar-refractivity contribution is 7.89. The molecule has 3 aliphatic rings. The Bertz CT molecular complexity index is 1150. The molecule has 2 aliphatic heterocycles. The first kappa shape index (κ1) is 23.1. The molecule has 1 saturated heterocycles. The van der Waals surface area contributed by atoms with E-state index in [1.165, 1.54) is 4.31 Å². The van der Waals surface area contributed by atoms with E-state index in [1.54, 1.807) is 24.3 Å². The van der Waals surface area contributed by atoms with Crippen LogP contribution in [0.15, 0.2) is 47.4 Å². The van der Waals surface area contributed by atoms with E-state index in [0.29, 0.717) is 43.5 Å². The molecule has 9 heteroatoms. The van der Waals surface area contributed by atoms with Crippen molar-refractivity contribution in [2.45, 2.75) is 36.0 Å². The fourth-order valence-electron chi connectivity index (χ4n) is 5.10. The van der Waals surface area contributed by atoms with Crippen LogP contribution in [0.4, 0.5) is 5.69 Å². The number of likely N-dealkylation sites (N-methyl/N-ethyl adjacent to an activating group) is 1. The molecule has 0 atom stereocenters. The molecule has 1 aliphatic carbocycles. The molecule has 1 N–H and O–H groups in total. The SMILES string of the molecule is CN1CCN(S(=O)(=O)c2ccc(NC(=O)C3(c4ccc5c(c4)OCCO5)CCCC3)cc2)CC1. The molecule has 2 aromatic carbocycles. The third kappa shape index (κ3) is 4.28. The lowest BCUT2D eigenvalue weighted by molar-refractivity contribution is -0.121. The smallest absolute Gasteiger partial charge is 0.243 e. The van der Waals surface area contributed by atoms with Crippen LogP contribution in [0.25, 0.3) is 0 Å². The third-order valence-corrected chi connectivity index (χ3v) is 9.11. The van der Waals surface area contributed by atoms with E-state index in [2.05, 4.69) is 10.2 Å². The molecule has 2 aromatic rings. The molecule has 182 valence electrons. The lowest BCUT2D eigenvalue weighted by Crippen LogP contribution is -2.47. The number of hydrogen-bond acceptors (Lipinski definition) is 6. The van der Waals surface area contributed by atoms with Crippen LogP contribution >= 0.6 is 0 Å². The van der Waals surface area contributed by atoms with Crippen molar-refractivity contribution in [3.8, 4) is 11.5 Å². The van der Waals surface area contributed by atoms with Gasteiger partial charge in [-0.2, -0.15) is 4.31 Å². The van der Waals surface area contributed by atoms with Crippen LogP contribution in [0, 0.1) is 0 Å². The van der Waals surface area contributed by atoms with Gasteiger partial charge in [-0.1, -0.05) is 18.9 Å². The zero-order valence-electron chi connectivity index (χ0n) is 19.5. The number of piperazine rings is 1. The number of nitrogens with zero attached hydrogens (tertiary/aromatic N) is 2. The van der Waals surface area contributed by atoms with E-state index in [-0.39, 0.29) is 10.8 Å². The van der Waals surface area contributed by atoms with E-state index in [1.807, 2.05) is 25.2 Å². The van der Waals surface area contributed by atoms with Crippen molar-refractivity contribution in [1.82, 2.24) is 9.21 Å². The van der Waals surface area contributed by atoms with Gasteiger partial charge in [0.2, 0.25) is 15.9 Å². The molecule has 34 heavy (non-hydrogen) atoms. The van der Waals surface area contributed by atoms with Crippen LogP contribution in [0.3, 0.4) is 0 Å². The van der Waals surface area contributed by atoms with E-state index in [9.17, 15) is 13.2 Å². The van der Waals surface area contributed by atoms with Crippen molar-refractivity contribution < 1.29 is 22.7 Å². The summed E-state index contributed by atoms with van der Waals surface area (Å²) in [6.07, 6.45) is 3.47. The average Bonchev–Trinajstić information content (AvgIpc) is 3.36. The minimum Gasteiger partial charge on any atom is -0.486 e. The van der Waals surface area contributed by atoms with Crippen LogP contribution in [0.1, 0.15) is 31.2 Å². The number of benzene rings is 2. The number of nitrogens with one attached hydrogen (secondary N) is 1. The van der Waals surface area contributed by atoms with Crippen molar-refractivity contribution in [1.29, 1.82) is 0 Å². The number of ether oxygens (including phenoxy) is 2. The van der Waals surface area contributed by atoms with E-state index >= 15 is 0 Å². The number of sulfonamides is 1. The first-order valence-corrected chi connectivity index (χ1v) is 13.3. The van der Waals surface area contributed by atoms with E-state index in [0.717, 1.165) is 44.3 Å². The van der Waals surface area contributed by atoms with Gasteiger partial charge in [0.25, 0.3) is 0 Å². The fourth-order valence-corrected chi connectivity index (χ4v) is 6.53. The molecule has 0 radical (unpaired) electrons. The topological polar surface area (TPSA) is 88.2 Å². The number of carbonyl (C=O) groups excluding carboxylic acids is 1. The number of hydrogen-bond donors (Lipinski definition) is 1. The average molecular weight is 486 g/mol. The first-order chi connectivity index (χ1) is 16.4. The molecule has 1 saturated carbocycles. The maximum absolute atomic E-state index is 13.6. The summed E-state index contributed by atoms with van der Waals surface area (Å²) in [5.41, 5.74) is 0.882. The second-order valence-electron chi connectivity index (χ2n) is 9.33. The summed E-state index contributed by atoms with van der Waals surface area (Å²) in [6, 6.07) is 12.3. The van der Waals surface area contributed by atoms with Gasteiger partial charge in [0.1, 0.15) is 13.2 Å². The predicted molar refractivity (Wildman–Crippen MR) is 129 cm³/mol. The molecule has 0 spiro atoms. The molecule has 0 unspecified atom stereocenters. The van der Waals surface area contributed by atoms with Crippen LogP contribution in [0.2, 0.25) is 0 Å². The van der Waals surface area contributed by atoms with E-state index < -0.39 is 15.4 Å². The molecular weight excluding hydrogens is 454 g/mol. The summed E-state index contributed by atoms with van der Waals surface area (Å²) in [5, 5.41) is 3.04. The maximum Gasteiger partial charge on any atom is 0.243 e. The Morgan fingerprint density at radius 1 is 0.912 bits per heavy atom. The molecule has 2 heterocycles. The number of anilines is 1. The van der Waals surface area contributed by atoms with Crippen LogP contribution < -0.4 is 14.8 Å². The maximum atomic E-state index is 13.6. The molecule has 0 bridgehead atoms. The molecule has 0 aromatic heterocycles. The predicted octanol–water partition coefficient (Wildman–Crippen LogP) is 2.84. The highest BCUT2D eigenvalue weighted by Crippen LogP contribution is 2.45. The molecule has 2 fully saturated rings. The summed E-state index contributed by atoms with van der Waals surface area (Å²) in [5.74, 6) is 1.32. The Kier molecular flexibility index (Phi) is 6.26. The monoisotopic (exact) mass is 485 g/mol. The zero-order chi connectivity index (χ0) is 23.8. The summed E-state index contributed by atoms with van der Waals surface area (Å²) < 4.78 is 38.9. The van der Waals surface area contributed by atoms with Gasteiger partial charge in [-0.15, -0.1) is 0 Å². The summed E-state index contributed by atoms with van der Waals surface area (Å²) in [4.78, 5) is 15.9. The van der Waals surface area contributed by atoms with Crippen molar-refractivity contribution in [3.63, 3.8) is 0 Å². The van der Waals surface area contributed by atoms with Crippen LogP contribution in [-0.4, -0.2) is 70.0 Å². The molecule has 1 amide bonds. The van der Waals surface area contributed by atoms with Gasteiger partial charge >= 0.3 is 0 Å². The van der Waals surface area contributed by atoms with E-state index in [4.69, 9.17) is 9.47 Å². The number of rotatable bonds is 5. The highest BCUT2D eigenvalue weighted by Gasteiger charge is 2.43. The number of fused-ring (bicyclic) bond motifs is 1. The quantitative estimate of drug-likeness (QED) is 0.701. The van der Waals surface area contributed by atoms with Gasteiger partial charge in [0.05, 0.1) is 10.3 Å². The second kappa shape index (κ2) is 9.20. The minimum absolute atomic E-state index is 0.0728. The lowest BCUT2D eigenvalue weighted by atomic mass is 9.77. The van der Waals surface area contributed by atoms with Gasteiger partial charge in [-0.05, 0) is 61.9 Å². The minimum atomic E-state index is -3.54. The normalized spacial score (nSPS) is 20.7. The number of carbonyl (C=O) groups is 1. The first-order valence-electron chi connectivity index (χ1n) is 11.9. The molecular formula is C25H31N3O5S. The van der Waals surface area contributed by atoms with Crippen molar-refractivity contribution >= 4 is 21.6 Å². The molecule has 8 nitrogen and oxygen atoms in total. The Morgan fingerprint density at radius 3 is 2.24 bits per heavy atom. The summed E-state index contributed by atoms with van der Waals surface area (Å²) >= 11 is 0. The van der Waals surface area contributed by atoms with Gasteiger partial charge in [-0.3, -0.25) is 4.79 Å². The fraction of sp³-hybridized carbons (Fsp3) is 0.480. The Morgan fingerprint density at radius 2 is 1.56 bits per heavy atom. The van der Waals surface area contributed by atoms with Gasteiger partial charge < -0.3 is 19.7 Å². The lowest BCUT2D eigenvalue weighted by Gasteiger charge is -2.31. The van der Waals surface area contributed by atoms with Gasteiger partial charge in [-0.25, -0.2) is 8.42 Å². The molecule has 5 rings (SSSR count). The van der Waals surface area contributed by atoms with Crippen molar-refractivity contribution in [2.24, 2.45) is 0 Å². The Balaban J connectivity index is 1.34. The zero-order valence-corrected chi connectivity index (χ0v) is 20.3. The number of amides is 1.